The average Bonchev–Trinajstić information content (AvgIpc) is 2.06. The minimum absolute atomic E-state index is 0.772. The van der Waals surface area contributed by atoms with Crippen molar-refractivity contribution in [1.29, 1.82) is 0 Å². The van der Waals surface area contributed by atoms with Crippen molar-refractivity contribution in [3.8, 4) is 0 Å². The van der Waals surface area contributed by atoms with Gasteiger partial charge < -0.3 is 0 Å². The van der Waals surface area contributed by atoms with Crippen molar-refractivity contribution in [2.45, 2.75) is 79.1 Å². The number of carbonyl (C=O) groups is 3. The Balaban J connectivity index is 5.36. The third-order valence-corrected chi connectivity index (χ3v) is 7.05. The van der Waals surface area contributed by atoms with Crippen molar-refractivity contribution in [2.75, 3.05) is 0 Å². The zero-order valence-electron chi connectivity index (χ0n) is 14.9. The van der Waals surface area contributed by atoms with E-state index in [0.29, 0.717) is 0 Å². The van der Waals surface area contributed by atoms with E-state index in [1.165, 1.54) is 0 Å². The van der Waals surface area contributed by atoms with E-state index in [1.807, 2.05) is 0 Å². The molecule has 0 aliphatic heterocycles. The number of hydrogen-bond acceptors (Lipinski definition) is 6. The number of rotatable bonds is 3. The Morgan fingerprint density at radius 1 is 0.545 bits per heavy atom. The Hall–Kier alpha value is -0.707. The summed E-state index contributed by atoms with van der Waals surface area (Å²) in [5.41, 5.74) is -2.35. The maximum absolute atomic E-state index is 12.3. The van der Waals surface area contributed by atoms with Gasteiger partial charge in [-0.15, -0.1) is 0 Å². The SMILES string of the molecule is CC(C)(C)O[C](=O)[Bi]([C](=O)OC(C)(C)C)[C](=O)OC(C)(C)C. The Labute approximate surface area is 140 Å². The molecule has 0 fully saturated rings. The molecule has 0 aromatic rings. The molecule has 0 spiro atoms. The first-order valence-electron chi connectivity index (χ1n) is 7.01. The molecule has 0 aromatic carbocycles. The molecule has 0 rings (SSSR count). The van der Waals surface area contributed by atoms with E-state index >= 15 is 0 Å². The molecule has 0 amide bonds. The zero-order valence-corrected chi connectivity index (χ0v) is 18.4. The normalized spacial score (nSPS) is 12.8. The fourth-order valence-electron chi connectivity index (χ4n) is 1.15. The molecule has 0 radical (unpaired) electrons. The van der Waals surface area contributed by atoms with E-state index in [0.717, 1.165) is 0 Å². The zero-order chi connectivity index (χ0) is 17.9. The molecule has 0 bridgehead atoms. The molecule has 0 N–H and O–H groups in total. The molecule has 22 heavy (non-hydrogen) atoms. The molecule has 0 aliphatic rings. The third kappa shape index (κ3) is 9.34. The standard InChI is InChI=1S/3C5H9O2.Bi/c3*1-5(2,3)7-4-6;/h3*1-3H3;. The first kappa shape index (κ1) is 21.3. The Bertz CT molecular complexity index is 370. The van der Waals surface area contributed by atoms with E-state index in [4.69, 9.17) is 14.2 Å². The van der Waals surface area contributed by atoms with Crippen LogP contribution in [0.25, 0.3) is 0 Å². The number of hydrogen-bond donors (Lipinski definition) is 0. The summed E-state index contributed by atoms with van der Waals surface area (Å²) in [6.45, 7) is 15.1. The maximum atomic E-state index is 12.3. The van der Waals surface area contributed by atoms with Gasteiger partial charge in [-0.25, -0.2) is 0 Å². The second-order valence-electron chi connectivity index (χ2n) is 7.78. The van der Waals surface area contributed by atoms with Crippen LogP contribution >= 0.6 is 0 Å². The van der Waals surface area contributed by atoms with Crippen LogP contribution in [0.4, 0.5) is 14.4 Å². The van der Waals surface area contributed by atoms with E-state index in [-0.39, 0.29) is 0 Å². The molecular formula is C15H27BiO6. The van der Waals surface area contributed by atoms with Crippen molar-refractivity contribution < 1.29 is 28.6 Å². The fraction of sp³-hybridized carbons (Fsp3) is 0.800. The first-order chi connectivity index (χ1) is 9.52. The summed E-state index contributed by atoms with van der Waals surface area (Å²) in [7, 11) is 0. The van der Waals surface area contributed by atoms with E-state index in [2.05, 4.69) is 0 Å². The van der Waals surface area contributed by atoms with Gasteiger partial charge in [0.1, 0.15) is 0 Å². The van der Waals surface area contributed by atoms with Gasteiger partial charge in [-0.3, -0.25) is 0 Å². The van der Waals surface area contributed by atoms with Gasteiger partial charge >= 0.3 is 140 Å². The van der Waals surface area contributed by atoms with Crippen molar-refractivity contribution in [1.82, 2.24) is 0 Å². The van der Waals surface area contributed by atoms with Crippen molar-refractivity contribution in [3.63, 3.8) is 0 Å². The quantitative estimate of drug-likeness (QED) is 0.420. The molecule has 0 aromatic heterocycles. The van der Waals surface area contributed by atoms with Crippen molar-refractivity contribution >= 4 is 32.8 Å². The van der Waals surface area contributed by atoms with Crippen LogP contribution in [-0.2, 0) is 14.2 Å². The number of carbonyl (C=O) groups excluding carboxylic acids is 3. The van der Waals surface area contributed by atoms with Crippen molar-refractivity contribution in [3.05, 3.63) is 0 Å². The van der Waals surface area contributed by atoms with Crippen LogP contribution < -0.4 is 0 Å². The van der Waals surface area contributed by atoms with Crippen LogP contribution in [0.15, 0.2) is 0 Å². The molecule has 0 unspecified atom stereocenters. The summed E-state index contributed by atoms with van der Waals surface area (Å²) in [5.74, 6) is 0. The fourth-order valence-corrected chi connectivity index (χ4v) is 7.14. The predicted octanol–water partition coefficient (Wildman–Crippen LogP) is 4.03. The van der Waals surface area contributed by atoms with E-state index in [1.54, 1.807) is 62.3 Å². The molecular weight excluding hydrogens is 485 g/mol. The van der Waals surface area contributed by atoms with Gasteiger partial charge in [0.05, 0.1) is 0 Å². The van der Waals surface area contributed by atoms with Crippen LogP contribution in [0.5, 0.6) is 0 Å². The third-order valence-electron chi connectivity index (χ3n) is 1.73. The minimum atomic E-state index is -4.17. The molecule has 0 aliphatic carbocycles. The molecule has 0 heterocycles. The van der Waals surface area contributed by atoms with E-state index in [9.17, 15) is 14.4 Å². The Kier molecular flexibility index (Phi) is 7.01. The van der Waals surface area contributed by atoms with Gasteiger partial charge in [0.2, 0.25) is 0 Å². The van der Waals surface area contributed by atoms with Gasteiger partial charge in [-0.2, -0.15) is 0 Å². The molecule has 7 heteroatoms. The summed E-state index contributed by atoms with van der Waals surface area (Å²) in [6, 6.07) is 0. The van der Waals surface area contributed by atoms with Gasteiger partial charge in [-0.1, -0.05) is 0 Å². The van der Waals surface area contributed by atoms with Crippen molar-refractivity contribution in [2.24, 2.45) is 0 Å². The van der Waals surface area contributed by atoms with Crippen LogP contribution in [0.3, 0.4) is 0 Å². The summed E-state index contributed by atoms with van der Waals surface area (Å²) in [5, 5.41) is 0. The topological polar surface area (TPSA) is 78.9 Å². The summed E-state index contributed by atoms with van der Waals surface area (Å²) >= 11 is -4.17. The molecule has 0 atom stereocenters. The summed E-state index contributed by atoms with van der Waals surface area (Å²) in [6.07, 6.45) is 0. The Morgan fingerprint density at radius 3 is 0.864 bits per heavy atom. The predicted molar refractivity (Wildman–Crippen MR) is 84.5 cm³/mol. The van der Waals surface area contributed by atoms with Crippen LogP contribution in [0, 0.1) is 0 Å². The monoisotopic (exact) mass is 512 g/mol. The average molecular weight is 512 g/mol. The van der Waals surface area contributed by atoms with Gasteiger partial charge in [0.15, 0.2) is 0 Å². The van der Waals surface area contributed by atoms with E-state index < -0.39 is 49.6 Å². The van der Waals surface area contributed by atoms with Crippen LogP contribution in [0.2, 0.25) is 0 Å². The summed E-state index contributed by atoms with van der Waals surface area (Å²) in [4.78, 5) is 36.8. The molecule has 0 saturated heterocycles. The van der Waals surface area contributed by atoms with Crippen LogP contribution in [0.1, 0.15) is 62.3 Å². The van der Waals surface area contributed by atoms with Crippen LogP contribution in [-0.4, -0.2) is 49.6 Å². The number of ether oxygens (including phenoxy) is 3. The Morgan fingerprint density at radius 2 is 0.727 bits per heavy atom. The van der Waals surface area contributed by atoms with Gasteiger partial charge in [0.25, 0.3) is 0 Å². The summed E-state index contributed by atoms with van der Waals surface area (Å²) < 4.78 is 13.3. The van der Waals surface area contributed by atoms with Gasteiger partial charge in [0, 0.05) is 0 Å². The molecule has 0 saturated carbocycles. The molecule has 128 valence electrons. The molecule has 6 nitrogen and oxygen atoms in total. The van der Waals surface area contributed by atoms with Gasteiger partial charge in [-0.05, 0) is 0 Å². The first-order valence-corrected chi connectivity index (χ1v) is 12.2. The second-order valence-corrected chi connectivity index (χ2v) is 14.6. The second kappa shape index (κ2) is 7.24.